The molecule has 1 aromatic rings. The van der Waals surface area contributed by atoms with Crippen molar-refractivity contribution in [3.63, 3.8) is 0 Å². The molecule has 1 unspecified atom stereocenters. The summed E-state index contributed by atoms with van der Waals surface area (Å²) in [5, 5.41) is 0. The molecule has 2 aliphatic heterocycles. The second-order valence-corrected chi connectivity index (χ2v) is 6.37. The maximum absolute atomic E-state index is 13.0. The van der Waals surface area contributed by atoms with Crippen molar-refractivity contribution in [2.24, 2.45) is 0 Å². The van der Waals surface area contributed by atoms with Crippen LogP contribution in [-0.2, 0) is 4.79 Å². The van der Waals surface area contributed by atoms with Gasteiger partial charge in [-0.15, -0.1) is 0 Å². The van der Waals surface area contributed by atoms with Gasteiger partial charge in [-0.05, 0) is 51.7 Å². The van der Waals surface area contributed by atoms with Crippen molar-refractivity contribution in [3.8, 4) is 0 Å². The van der Waals surface area contributed by atoms with Crippen LogP contribution >= 0.6 is 0 Å². The molecule has 0 aliphatic carbocycles. The largest absolute Gasteiger partial charge is 0.357 e. The summed E-state index contributed by atoms with van der Waals surface area (Å²) in [5.41, 5.74) is -0.0317. The number of H-pyrrole nitrogens is 1. The molecular formula is C16H23N3O2. The number of amides is 2. The zero-order chi connectivity index (χ0) is 15.0. The molecule has 0 aromatic carbocycles. The summed E-state index contributed by atoms with van der Waals surface area (Å²) < 4.78 is 0. The van der Waals surface area contributed by atoms with Gasteiger partial charge in [0.25, 0.3) is 5.91 Å². The molecule has 0 saturated carbocycles. The van der Waals surface area contributed by atoms with Crippen molar-refractivity contribution in [2.75, 3.05) is 13.1 Å². The Morgan fingerprint density at radius 3 is 2.62 bits per heavy atom. The van der Waals surface area contributed by atoms with Gasteiger partial charge in [-0.25, -0.2) is 0 Å². The number of likely N-dealkylation sites (tertiary alicyclic amines) is 2. The van der Waals surface area contributed by atoms with E-state index in [4.69, 9.17) is 0 Å². The topological polar surface area (TPSA) is 56.4 Å². The molecule has 1 atom stereocenters. The van der Waals surface area contributed by atoms with E-state index >= 15 is 0 Å². The fraction of sp³-hybridized carbons (Fsp3) is 0.625. The number of rotatable bonds is 2. The van der Waals surface area contributed by atoms with Gasteiger partial charge in [0.2, 0.25) is 5.91 Å². The van der Waals surface area contributed by atoms with Gasteiger partial charge in [0, 0.05) is 25.3 Å². The zero-order valence-corrected chi connectivity index (χ0v) is 12.8. The van der Waals surface area contributed by atoms with Crippen molar-refractivity contribution in [1.29, 1.82) is 0 Å². The number of piperidine rings is 1. The van der Waals surface area contributed by atoms with Crippen molar-refractivity contribution in [3.05, 3.63) is 24.0 Å². The Morgan fingerprint density at radius 1 is 1.29 bits per heavy atom. The molecule has 3 heterocycles. The van der Waals surface area contributed by atoms with Gasteiger partial charge in [0.05, 0.1) is 0 Å². The molecule has 2 amide bonds. The van der Waals surface area contributed by atoms with E-state index in [9.17, 15) is 9.59 Å². The first kappa shape index (κ1) is 14.2. The maximum Gasteiger partial charge on any atom is 0.271 e. The number of hydrogen-bond acceptors (Lipinski definition) is 2. The van der Waals surface area contributed by atoms with E-state index in [0.29, 0.717) is 12.2 Å². The summed E-state index contributed by atoms with van der Waals surface area (Å²) in [5.74, 6) is 0.0950. The van der Waals surface area contributed by atoms with Crippen LogP contribution in [0.25, 0.3) is 0 Å². The molecule has 5 nitrogen and oxygen atoms in total. The Hall–Kier alpha value is -1.78. The second kappa shape index (κ2) is 5.20. The molecule has 1 N–H and O–H groups in total. The van der Waals surface area contributed by atoms with E-state index in [1.165, 1.54) is 0 Å². The van der Waals surface area contributed by atoms with Crippen LogP contribution in [-0.4, -0.2) is 51.3 Å². The Balaban J connectivity index is 1.91. The molecule has 114 valence electrons. The summed E-state index contributed by atoms with van der Waals surface area (Å²) in [6.45, 7) is 5.57. The number of nitrogens with one attached hydrogen (secondary N) is 1. The average molecular weight is 289 g/mol. The first-order chi connectivity index (χ1) is 10.1. The number of nitrogens with zero attached hydrogens (tertiary/aromatic N) is 2. The Bertz CT molecular complexity index is 538. The predicted octanol–water partition coefficient (Wildman–Crippen LogP) is 2.02. The lowest BCUT2D eigenvalue weighted by Gasteiger charge is -2.45. The number of carbonyl (C=O) groups is 2. The minimum absolute atomic E-state index is 0.0449. The van der Waals surface area contributed by atoms with Gasteiger partial charge >= 0.3 is 0 Å². The number of hydrogen-bond donors (Lipinski definition) is 1. The van der Waals surface area contributed by atoms with E-state index in [1.54, 1.807) is 12.3 Å². The highest BCUT2D eigenvalue weighted by Crippen LogP contribution is 2.39. The summed E-state index contributed by atoms with van der Waals surface area (Å²) in [4.78, 5) is 32.4. The molecule has 3 rings (SSSR count). The summed E-state index contributed by atoms with van der Waals surface area (Å²) in [7, 11) is 0. The fourth-order valence-electron chi connectivity index (χ4n) is 3.78. The average Bonchev–Trinajstić information content (AvgIpc) is 3.11. The fourth-order valence-corrected chi connectivity index (χ4v) is 3.78. The molecule has 1 aromatic heterocycles. The number of carbonyl (C=O) groups excluding carboxylic acids is 2. The van der Waals surface area contributed by atoms with E-state index < -0.39 is 5.54 Å². The molecule has 5 heteroatoms. The smallest absolute Gasteiger partial charge is 0.271 e. The van der Waals surface area contributed by atoms with Crippen LogP contribution in [0.4, 0.5) is 0 Å². The summed E-state index contributed by atoms with van der Waals surface area (Å²) in [6, 6.07) is 3.79. The van der Waals surface area contributed by atoms with Gasteiger partial charge in [0.15, 0.2) is 0 Å². The van der Waals surface area contributed by atoms with Crippen LogP contribution in [0.15, 0.2) is 18.3 Å². The third kappa shape index (κ3) is 2.15. The molecule has 2 saturated heterocycles. The Morgan fingerprint density at radius 2 is 2.00 bits per heavy atom. The summed E-state index contributed by atoms with van der Waals surface area (Å²) in [6.07, 6.45) is 5.21. The van der Waals surface area contributed by atoms with Gasteiger partial charge in [-0.3, -0.25) is 9.59 Å². The first-order valence-corrected chi connectivity index (χ1v) is 7.83. The minimum Gasteiger partial charge on any atom is -0.357 e. The van der Waals surface area contributed by atoms with Gasteiger partial charge in [-0.1, -0.05) is 0 Å². The molecule has 2 fully saturated rings. The van der Waals surface area contributed by atoms with Crippen LogP contribution < -0.4 is 0 Å². The van der Waals surface area contributed by atoms with E-state index in [2.05, 4.69) is 4.98 Å². The predicted molar refractivity (Wildman–Crippen MR) is 79.9 cm³/mol. The highest BCUT2D eigenvalue weighted by Gasteiger charge is 2.53. The Kier molecular flexibility index (Phi) is 3.51. The van der Waals surface area contributed by atoms with E-state index in [0.717, 1.165) is 32.2 Å². The van der Waals surface area contributed by atoms with Gasteiger partial charge in [-0.2, -0.15) is 0 Å². The highest BCUT2D eigenvalue weighted by molar-refractivity contribution is 5.99. The molecule has 1 spiro atoms. The molecule has 0 bridgehead atoms. The molecular weight excluding hydrogens is 266 g/mol. The van der Waals surface area contributed by atoms with Crippen LogP contribution in [0.1, 0.15) is 50.0 Å². The van der Waals surface area contributed by atoms with Crippen LogP contribution in [0.5, 0.6) is 0 Å². The van der Waals surface area contributed by atoms with Crippen LogP contribution in [0.3, 0.4) is 0 Å². The Labute approximate surface area is 125 Å². The third-order valence-electron chi connectivity index (χ3n) is 4.83. The standard InChI is InChI=1S/C16H23N3O2/c1-12(2)18-10-4-7-16(15(18)21)8-5-11-19(16)14(20)13-6-3-9-17-13/h3,6,9,12,17H,4-5,7-8,10-11H2,1-2H3. The number of aromatic amines is 1. The van der Waals surface area contributed by atoms with Crippen molar-refractivity contribution >= 4 is 11.8 Å². The molecule has 0 radical (unpaired) electrons. The van der Waals surface area contributed by atoms with Gasteiger partial charge < -0.3 is 14.8 Å². The van der Waals surface area contributed by atoms with Gasteiger partial charge in [0.1, 0.15) is 11.2 Å². The normalized spacial score (nSPS) is 26.1. The molecule has 2 aliphatic rings. The van der Waals surface area contributed by atoms with Crippen molar-refractivity contribution in [2.45, 2.75) is 51.1 Å². The maximum atomic E-state index is 13.0. The minimum atomic E-state index is -0.606. The van der Waals surface area contributed by atoms with Crippen LogP contribution in [0, 0.1) is 0 Å². The van der Waals surface area contributed by atoms with E-state index in [-0.39, 0.29) is 17.9 Å². The second-order valence-electron chi connectivity index (χ2n) is 6.37. The van der Waals surface area contributed by atoms with E-state index in [1.807, 2.05) is 29.7 Å². The SMILES string of the molecule is CC(C)N1CCCC2(CCCN2C(=O)c2ccc[nH]2)C1=O. The lowest BCUT2D eigenvalue weighted by Crippen LogP contribution is -2.62. The first-order valence-electron chi connectivity index (χ1n) is 7.83. The lowest BCUT2D eigenvalue weighted by molar-refractivity contribution is -0.147. The third-order valence-corrected chi connectivity index (χ3v) is 4.83. The van der Waals surface area contributed by atoms with Crippen LogP contribution in [0.2, 0.25) is 0 Å². The number of aromatic nitrogens is 1. The lowest BCUT2D eigenvalue weighted by atomic mass is 9.84. The van der Waals surface area contributed by atoms with Crippen molar-refractivity contribution < 1.29 is 9.59 Å². The zero-order valence-electron chi connectivity index (χ0n) is 12.8. The quantitative estimate of drug-likeness (QED) is 0.905. The highest BCUT2D eigenvalue weighted by atomic mass is 16.2. The van der Waals surface area contributed by atoms with Crippen molar-refractivity contribution in [1.82, 2.24) is 14.8 Å². The monoisotopic (exact) mass is 289 g/mol. The summed E-state index contributed by atoms with van der Waals surface area (Å²) >= 11 is 0. The molecule has 21 heavy (non-hydrogen) atoms.